The molecule has 1 unspecified atom stereocenters. The van der Waals surface area contributed by atoms with Crippen LogP contribution in [0.3, 0.4) is 0 Å². The Bertz CT molecular complexity index is 978. The van der Waals surface area contributed by atoms with E-state index >= 15 is 0 Å². The number of anilines is 3. The SMILES string of the molecule is CCCC(CC)Oc1cccc(-c2cnc(Nc3ccc(N4CCN(C)CC4)cc3)o2)c1. The molecule has 4 rings (SSSR count). The molecule has 3 aromatic rings. The molecular formula is C26H34N4O2. The first-order valence-corrected chi connectivity index (χ1v) is 11.7. The Kier molecular flexibility index (Phi) is 7.32. The Hall–Kier alpha value is -2.99. The van der Waals surface area contributed by atoms with E-state index in [-0.39, 0.29) is 6.10 Å². The highest BCUT2D eigenvalue weighted by Gasteiger charge is 2.14. The molecule has 0 saturated carbocycles. The molecule has 6 nitrogen and oxygen atoms in total. The third-order valence-electron chi connectivity index (χ3n) is 5.98. The summed E-state index contributed by atoms with van der Waals surface area (Å²) in [6, 6.07) is 17.0. The molecule has 1 saturated heterocycles. The molecule has 1 aliphatic heterocycles. The highest BCUT2D eigenvalue weighted by atomic mass is 16.5. The van der Waals surface area contributed by atoms with Crippen LogP contribution in [0.4, 0.5) is 17.4 Å². The van der Waals surface area contributed by atoms with Gasteiger partial charge in [-0.25, -0.2) is 4.98 Å². The lowest BCUT2D eigenvalue weighted by atomic mass is 10.1. The van der Waals surface area contributed by atoms with Gasteiger partial charge in [-0.05, 0) is 56.3 Å². The van der Waals surface area contributed by atoms with Gasteiger partial charge in [0.25, 0.3) is 6.01 Å². The molecule has 0 amide bonds. The van der Waals surface area contributed by atoms with E-state index in [4.69, 9.17) is 9.15 Å². The fourth-order valence-electron chi connectivity index (χ4n) is 3.99. The number of aromatic nitrogens is 1. The van der Waals surface area contributed by atoms with E-state index in [2.05, 4.69) is 65.3 Å². The van der Waals surface area contributed by atoms with Crippen LogP contribution in [-0.4, -0.2) is 49.2 Å². The number of benzene rings is 2. The highest BCUT2D eigenvalue weighted by Crippen LogP contribution is 2.29. The van der Waals surface area contributed by atoms with E-state index in [1.807, 2.05) is 24.3 Å². The number of oxazole rings is 1. The van der Waals surface area contributed by atoms with Crippen LogP contribution in [0, 0.1) is 0 Å². The van der Waals surface area contributed by atoms with E-state index in [1.165, 1.54) is 5.69 Å². The van der Waals surface area contributed by atoms with Crippen molar-refractivity contribution in [3.05, 3.63) is 54.7 Å². The summed E-state index contributed by atoms with van der Waals surface area (Å²) in [6.45, 7) is 8.67. The van der Waals surface area contributed by atoms with Crippen LogP contribution in [-0.2, 0) is 0 Å². The number of hydrogen-bond donors (Lipinski definition) is 1. The van der Waals surface area contributed by atoms with Crippen molar-refractivity contribution in [3.63, 3.8) is 0 Å². The minimum Gasteiger partial charge on any atom is -0.490 e. The Morgan fingerprint density at radius 1 is 1.06 bits per heavy atom. The quantitative estimate of drug-likeness (QED) is 0.460. The van der Waals surface area contributed by atoms with Gasteiger partial charge in [0.15, 0.2) is 5.76 Å². The Balaban J connectivity index is 1.39. The third-order valence-corrected chi connectivity index (χ3v) is 5.98. The van der Waals surface area contributed by atoms with Gasteiger partial charge in [-0.3, -0.25) is 0 Å². The van der Waals surface area contributed by atoms with Crippen LogP contribution >= 0.6 is 0 Å². The van der Waals surface area contributed by atoms with Crippen molar-refractivity contribution in [2.75, 3.05) is 43.4 Å². The molecular weight excluding hydrogens is 400 g/mol. The molecule has 0 radical (unpaired) electrons. The Labute approximate surface area is 191 Å². The maximum Gasteiger partial charge on any atom is 0.299 e. The summed E-state index contributed by atoms with van der Waals surface area (Å²) in [6.07, 6.45) is 5.18. The van der Waals surface area contributed by atoms with Crippen LogP contribution in [0.1, 0.15) is 33.1 Å². The number of likely N-dealkylation sites (N-methyl/N-ethyl adjacent to an activating group) is 1. The van der Waals surface area contributed by atoms with Gasteiger partial charge in [-0.15, -0.1) is 0 Å². The minimum absolute atomic E-state index is 0.246. The van der Waals surface area contributed by atoms with Crippen LogP contribution < -0.4 is 15.0 Å². The summed E-state index contributed by atoms with van der Waals surface area (Å²) in [5, 5.41) is 3.27. The number of nitrogens with one attached hydrogen (secondary N) is 1. The summed E-state index contributed by atoms with van der Waals surface area (Å²) in [5.41, 5.74) is 3.17. The molecule has 170 valence electrons. The molecule has 32 heavy (non-hydrogen) atoms. The maximum atomic E-state index is 6.15. The van der Waals surface area contributed by atoms with Crippen LogP contribution in [0.5, 0.6) is 5.75 Å². The highest BCUT2D eigenvalue weighted by molar-refractivity contribution is 5.62. The van der Waals surface area contributed by atoms with Gasteiger partial charge in [0.2, 0.25) is 0 Å². The van der Waals surface area contributed by atoms with Gasteiger partial charge in [0, 0.05) is 43.1 Å². The van der Waals surface area contributed by atoms with Crippen molar-refractivity contribution in [3.8, 4) is 17.1 Å². The molecule has 1 N–H and O–H groups in total. The van der Waals surface area contributed by atoms with E-state index in [9.17, 15) is 0 Å². The number of nitrogens with zero attached hydrogens (tertiary/aromatic N) is 3. The van der Waals surface area contributed by atoms with Crippen molar-refractivity contribution in [2.45, 2.75) is 39.2 Å². The van der Waals surface area contributed by atoms with Gasteiger partial charge in [-0.2, -0.15) is 0 Å². The molecule has 0 spiro atoms. The Morgan fingerprint density at radius 2 is 1.84 bits per heavy atom. The summed E-state index contributed by atoms with van der Waals surface area (Å²) >= 11 is 0. The van der Waals surface area contributed by atoms with E-state index in [0.717, 1.165) is 68.2 Å². The zero-order valence-electron chi connectivity index (χ0n) is 19.4. The van der Waals surface area contributed by atoms with Gasteiger partial charge < -0.3 is 24.3 Å². The molecule has 0 bridgehead atoms. The zero-order valence-corrected chi connectivity index (χ0v) is 19.4. The monoisotopic (exact) mass is 434 g/mol. The summed E-state index contributed by atoms with van der Waals surface area (Å²) < 4.78 is 12.1. The number of rotatable bonds is 9. The Morgan fingerprint density at radius 3 is 2.56 bits per heavy atom. The second-order valence-electron chi connectivity index (χ2n) is 8.46. The molecule has 6 heteroatoms. The largest absolute Gasteiger partial charge is 0.490 e. The van der Waals surface area contributed by atoms with Crippen molar-refractivity contribution in [1.29, 1.82) is 0 Å². The normalized spacial score (nSPS) is 15.5. The van der Waals surface area contributed by atoms with Gasteiger partial charge in [0.05, 0.1) is 12.3 Å². The lowest BCUT2D eigenvalue weighted by Gasteiger charge is -2.34. The number of piperazine rings is 1. The van der Waals surface area contributed by atoms with Crippen molar-refractivity contribution < 1.29 is 9.15 Å². The molecule has 2 heterocycles. The summed E-state index contributed by atoms with van der Waals surface area (Å²) in [7, 11) is 2.17. The smallest absolute Gasteiger partial charge is 0.299 e. The first kappa shape index (κ1) is 22.2. The van der Waals surface area contributed by atoms with Gasteiger partial charge >= 0.3 is 0 Å². The fraction of sp³-hybridized carbons (Fsp3) is 0.423. The first-order valence-electron chi connectivity index (χ1n) is 11.7. The lowest BCUT2D eigenvalue weighted by molar-refractivity contribution is 0.186. The number of ether oxygens (including phenoxy) is 1. The van der Waals surface area contributed by atoms with Gasteiger partial charge in [0.1, 0.15) is 5.75 Å². The summed E-state index contributed by atoms with van der Waals surface area (Å²) in [5.74, 6) is 1.59. The molecule has 1 aromatic heterocycles. The third kappa shape index (κ3) is 5.62. The van der Waals surface area contributed by atoms with E-state index < -0.39 is 0 Å². The maximum absolute atomic E-state index is 6.15. The van der Waals surface area contributed by atoms with Crippen molar-refractivity contribution in [1.82, 2.24) is 9.88 Å². The van der Waals surface area contributed by atoms with Gasteiger partial charge in [-0.1, -0.05) is 32.4 Å². The van der Waals surface area contributed by atoms with Crippen LogP contribution in [0.2, 0.25) is 0 Å². The predicted molar refractivity (Wildman–Crippen MR) is 131 cm³/mol. The molecule has 1 fully saturated rings. The zero-order chi connectivity index (χ0) is 22.3. The minimum atomic E-state index is 0.246. The van der Waals surface area contributed by atoms with Crippen molar-refractivity contribution >= 4 is 17.4 Å². The second-order valence-corrected chi connectivity index (χ2v) is 8.46. The lowest BCUT2D eigenvalue weighted by Crippen LogP contribution is -2.44. The molecule has 2 aromatic carbocycles. The topological polar surface area (TPSA) is 53.8 Å². The first-order chi connectivity index (χ1) is 15.6. The summed E-state index contributed by atoms with van der Waals surface area (Å²) in [4.78, 5) is 9.20. The van der Waals surface area contributed by atoms with E-state index in [0.29, 0.717) is 6.01 Å². The second kappa shape index (κ2) is 10.6. The molecule has 1 atom stereocenters. The molecule has 1 aliphatic rings. The van der Waals surface area contributed by atoms with E-state index in [1.54, 1.807) is 6.20 Å². The average molecular weight is 435 g/mol. The molecule has 0 aliphatic carbocycles. The van der Waals surface area contributed by atoms with Crippen molar-refractivity contribution in [2.24, 2.45) is 0 Å². The number of hydrogen-bond acceptors (Lipinski definition) is 6. The predicted octanol–water partition coefficient (Wildman–Crippen LogP) is 5.79. The van der Waals surface area contributed by atoms with Crippen LogP contribution in [0.25, 0.3) is 11.3 Å². The average Bonchev–Trinajstić information content (AvgIpc) is 3.29. The standard InChI is InChI=1S/C26H34N4O2/c1-4-7-23(5-2)31-24-9-6-8-20(18-24)25-19-27-26(32-25)28-21-10-12-22(13-11-21)30-16-14-29(3)15-17-30/h6,8-13,18-19,23H,4-5,7,14-17H2,1-3H3,(H,27,28). The fourth-order valence-corrected chi connectivity index (χ4v) is 3.99. The van der Waals surface area contributed by atoms with Crippen LogP contribution in [0.15, 0.2) is 59.1 Å².